The molecular formula is C17H11NO3. The van der Waals surface area contributed by atoms with Crippen LogP contribution in [0.5, 0.6) is 17.2 Å². The molecule has 1 aromatic heterocycles. The third-order valence-electron chi connectivity index (χ3n) is 4.02. The van der Waals surface area contributed by atoms with Crippen LogP contribution in [-0.2, 0) is 6.61 Å². The first kappa shape index (κ1) is 11.0. The maximum Gasteiger partial charge on any atom is 0.231 e. The van der Waals surface area contributed by atoms with Crippen LogP contribution in [0, 0.1) is 0 Å². The first-order chi connectivity index (χ1) is 10.4. The lowest BCUT2D eigenvalue weighted by Gasteiger charge is -2.21. The lowest BCUT2D eigenvalue weighted by molar-refractivity contribution is 0.174. The molecule has 2 aromatic carbocycles. The summed E-state index contributed by atoms with van der Waals surface area (Å²) in [6.45, 7) is 0.818. The van der Waals surface area contributed by atoms with Crippen molar-refractivity contribution >= 4 is 10.9 Å². The van der Waals surface area contributed by atoms with E-state index in [1.54, 1.807) is 0 Å². The smallest absolute Gasteiger partial charge is 0.231 e. The summed E-state index contributed by atoms with van der Waals surface area (Å²) in [7, 11) is 0. The van der Waals surface area contributed by atoms with Crippen LogP contribution in [0.3, 0.4) is 0 Å². The van der Waals surface area contributed by atoms with E-state index in [0.29, 0.717) is 6.61 Å². The molecule has 0 saturated carbocycles. The Kier molecular flexibility index (Phi) is 2.03. The van der Waals surface area contributed by atoms with Gasteiger partial charge in [0.15, 0.2) is 11.5 Å². The highest BCUT2D eigenvalue weighted by molar-refractivity contribution is 5.92. The molecule has 5 rings (SSSR count). The maximum absolute atomic E-state index is 5.88. The van der Waals surface area contributed by atoms with Gasteiger partial charge < -0.3 is 14.2 Å². The van der Waals surface area contributed by atoms with E-state index in [1.165, 1.54) is 0 Å². The van der Waals surface area contributed by atoms with Gasteiger partial charge in [0.1, 0.15) is 12.4 Å². The highest BCUT2D eigenvalue weighted by Crippen LogP contribution is 2.42. The van der Waals surface area contributed by atoms with Gasteiger partial charge in [-0.3, -0.25) is 4.98 Å². The molecule has 0 saturated heterocycles. The van der Waals surface area contributed by atoms with Crippen molar-refractivity contribution in [3.05, 3.63) is 48.2 Å². The van der Waals surface area contributed by atoms with E-state index >= 15 is 0 Å². The molecule has 2 aliphatic rings. The van der Waals surface area contributed by atoms with Gasteiger partial charge in [0.05, 0.1) is 5.52 Å². The molecule has 0 amide bonds. The highest BCUT2D eigenvalue weighted by atomic mass is 16.7. The SMILES string of the molecule is c1ccc2c(c1)OCc1c-2cnc2cc3c(cc12)OCO3. The number of benzene rings is 2. The largest absolute Gasteiger partial charge is 0.488 e. The van der Waals surface area contributed by atoms with E-state index in [1.807, 2.05) is 36.5 Å². The number of pyridine rings is 1. The zero-order valence-electron chi connectivity index (χ0n) is 11.1. The Balaban J connectivity index is 1.83. The zero-order valence-corrected chi connectivity index (χ0v) is 11.1. The molecule has 0 spiro atoms. The van der Waals surface area contributed by atoms with Crippen LogP contribution in [-0.4, -0.2) is 11.8 Å². The van der Waals surface area contributed by atoms with Gasteiger partial charge in [0.2, 0.25) is 6.79 Å². The molecule has 21 heavy (non-hydrogen) atoms. The third-order valence-corrected chi connectivity index (χ3v) is 4.02. The second-order valence-corrected chi connectivity index (χ2v) is 5.16. The van der Waals surface area contributed by atoms with Crippen molar-refractivity contribution in [2.24, 2.45) is 0 Å². The van der Waals surface area contributed by atoms with Gasteiger partial charge in [-0.25, -0.2) is 0 Å². The molecule has 4 nitrogen and oxygen atoms in total. The third kappa shape index (κ3) is 1.47. The van der Waals surface area contributed by atoms with Gasteiger partial charge in [0.25, 0.3) is 0 Å². The Labute approximate surface area is 120 Å². The van der Waals surface area contributed by atoms with E-state index in [2.05, 4.69) is 11.1 Å². The van der Waals surface area contributed by atoms with Crippen molar-refractivity contribution in [2.45, 2.75) is 6.61 Å². The van der Waals surface area contributed by atoms with Crippen LogP contribution in [0.1, 0.15) is 5.56 Å². The Morgan fingerprint density at radius 2 is 1.71 bits per heavy atom. The molecule has 3 aromatic rings. The summed E-state index contributed by atoms with van der Waals surface area (Å²) in [5.74, 6) is 2.44. The van der Waals surface area contributed by atoms with Gasteiger partial charge in [-0.1, -0.05) is 18.2 Å². The second-order valence-electron chi connectivity index (χ2n) is 5.16. The average molecular weight is 277 g/mol. The number of aromatic nitrogens is 1. The first-order valence-corrected chi connectivity index (χ1v) is 6.83. The van der Waals surface area contributed by atoms with Crippen molar-refractivity contribution < 1.29 is 14.2 Å². The van der Waals surface area contributed by atoms with Crippen LogP contribution < -0.4 is 14.2 Å². The zero-order chi connectivity index (χ0) is 13.8. The van der Waals surface area contributed by atoms with Gasteiger partial charge in [-0.2, -0.15) is 0 Å². The lowest BCUT2D eigenvalue weighted by atomic mass is 9.95. The van der Waals surface area contributed by atoms with E-state index in [-0.39, 0.29) is 6.79 Å². The summed E-state index contributed by atoms with van der Waals surface area (Å²) in [6.07, 6.45) is 1.92. The van der Waals surface area contributed by atoms with Crippen LogP contribution in [0.4, 0.5) is 0 Å². The fourth-order valence-corrected chi connectivity index (χ4v) is 2.99. The summed E-state index contributed by atoms with van der Waals surface area (Å²) in [4.78, 5) is 4.58. The number of hydrogen-bond donors (Lipinski definition) is 0. The van der Waals surface area contributed by atoms with Crippen LogP contribution >= 0.6 is 0 Å². The van der Waals surface area contributed by atoms with Gasteiger partial charge >= 0.3 is 0 Å². The Bertz CT molecular complexity index is 889. The van der Waals surface area contributed by atoms with Gasteiger partial charge in [-0.05, 0) is 12.1 Å². The number of ether oxygens (including phenoxy) is 3. The summed E-state index contributed by atoms with van der Waals surface area (Å²) in [6, 6.07) is 12.0. The molecule has 0 unspecified atom stereocenters. The van der Waals surface area contributed by atoms with Crippen molar-refractivity contribution in [2.75, 3.05) is 6.79 Å². The molecule has 0 N–H and O–H groups in total. The minimum Gasteiger partial charge on any atom is -0.488 e. The molecule has 2 aliphatic heterocycles. The fraction of sp³-hybridized carbons (Fsp3) is 0.118. The van der Waals surface area contributed by atoms with Crippen molar-refractivity contribution in [3.63, 3.8) is 0 Å². The Morgan fingerprint density at radius 1 is 0.857 bits per heavy atom. The topological polar surface area (TPSA) is 40.6 Å². The van der Waals surface area contributed by atoms with Crippen molar-refractivity contribution in [1.29, 1.82) is 0 Å². The molecule has 0 fully saturated rings. The first-order valence-electron chi connectivity index (χ1n) is 6.83. The van der Waals surface area contributed by atoms with E-state index in [0.717, 1.165) is 44.8 Å². The summed E-state index contributed by atoms with van der Waals surface area (Å²) in [5.41, 5.74) is 4.27. The summed E-state index contributed by atoms with van der Waals surface area (Å²) < 4.78 is 16.8. The highest BCUT2D eigenvalue weighted by Gasteiger charge is 2.22. The van der Waals surface area contributed by atoms with Crippen molar-refractivity contribution in [3.8, 4) is 28.4 Å². The normalized spacial score (nSPS) is 14.5. The van der Waals surface area contributed by atoms with Crippen molar-refractivity contribution in [1.82, 2.24) is 4.98 Å². The maximum atomic E-state index is 5.88. The standard InChI is InChI=1S/C17H11NO3/c1-2-4-15-10(3-1)12-7-18-14-6-17-16(20-9-21-17)5-11(14)13(12)8-19-15/h1-7H,8-9H2. The molecule has 0 aliphatic carbocycles. The number of fused-ring (bicyclic) bond motifs is 6. The Morgan fingerprint density at radius 3 is 2.67 bits per heavy atom. The predicted molar refractivity (Wildman–Crippen MR) is 77.6 cm³/mol. The van der Waals surface area contributed by atoms with Gasteiger partial charge in [0, 0.05) is 34.3 Å². The minimum atomic E-state index is 0.271. The molecule has 0 bridgehead atoms. The number of para-hydroxylation sites is 1. The fourth-order valence-electron chi connectivity index (χ4n) is 2.99. The Hall–Kier alpha value is -2.75. The van der Waals surface area contributed by atoms with E-state index < -0.39 is 0 Å². The monoisotopic (exact) mass is 277 g/mol. The van der Waals surface area contributed by atoms with Gasteiger partial charge in [-0.15, -0.1) is 0 Å². The van der Waals surface area contributed by atoms with E-state index in [9.17, 15) is 0 Å². The molecular weight excluding hydrogens is 266 g/mol. The van der Waals surface area contributed by atoms with E-state index in [4.69, 9.17) is 14.2 Å². The number of nitrogens with zero attached hydrogens (tertiary/aromatic N) is 1. The molecule has 102 valence electrons. The molecule has 0 radical (unpaired) electrons. The van der Waals surface area contributed by atoms with Crippen LogP contribution in [0.25, 0.3) is 22.0 Å². The van der Waals surface area contributed by atoms with Crippen LogP contribution in [0.2, 0.25) is 0 Å². The number of hydrogen-bond acceptors (Lipinski definition) is 4. The molecule has 0 atom stereocenters. The summed E-state index contributed by atoms with van der Waals surface area (Å²) in [5, 5.41) is 1.06. The molecule has 3 heterocycles. The van der Waals surface area contributed by atoms with Crippen LogP contribution in [0.15, 0.2) is 42.6 Å². The average Bonchev–Trinajstić information content (AvgIpc) is 2.99. The summed E-state index contributed by atoms with van der Waals surface area (Å²) >= 11 is 0. The quantitative estimate of drug-likeness (QED) is 0.630. The predicted octanol–water partition coefficient (Wildman–Crippen LogP) is 3.52. The minimum absolute atomic E-state index is 0.271. The molecule has 4 heteroatoms. The second kappa shape index (κ2) is 3.88. The lowest BCUT2D eigenvalue weighted by Crippen LogP contribution is -2.06. The number of rotatable bonds is 0.